The second kappa shape index (κ2) is 13.4. The molecule has 3 amide bonds. The number of phenols is 1. The molecule has 1 fully saturated rings. The predicted octanol–water partition coefficient (Wildman–Crippen LogP) is -1.53. The van der Waals surface area contributed by atoms with Gasteiger partial charge in [0.05, 0.1) is 12.1 Å². The molecular weight excluding hydrogens is 476 g/mol. The van der Waals surface area contributed by atoms with Gasteiger partial charge in [-0.1, -0.05) is 12.1 Å². The van der Waals surface area contributed by atoms with Gasteiger partial charge in [0.1, 0.15) is 23.9 Å². The number of amides is 3. The summed E-state index contributed by atoms with van der Waals surface area (Å²) in [6.45, 7) is 1.87. The Morgan fingerprint density at radius 2 is 1.67 bits per heavy atom. The lowest BCUT2D eigenvalue weighted by Gasteiger charge is -2.26. The zero-order chi connectivity index (χ0) is 26.8. The quantitative estimate of drug-likeness (QED) is 0.154. The molecule has 0 aliphatic carbocycles. The molecule has 13 heteroatoms. The SMILES string of the molecule is CC(O)C(NC(=O)C(Cc1ccc(O)cc1)NC(=O)C1CCCN1)C(=O)NC(CCC(=O)O)C(=O)O. The van der Waals surface area contributed by atoms with Crippen LogP contribution in [0.4, 0.5) is 0 Å². The summed E-state index contributed by atoms with van der Waals surface area (Å²) in [5.41, 5.74) is 0.602. The maximum atomic E-state index is 13.1. The van der Waals surface area contributed by atoms with E-state index < -0.39 is 72.8 Å². The van der Waals surface area contributed by atoms with E-state index in [9.17, 15) is 39.3 Å². The van der Waals surface area contributed by atoms with Gasteiger partial charge in [-0.15, -0.1) is 0 Å². The number of carboxylic acid groups (broad SMARTS) is 2. The number of carbonyl (C=O) groups is 5. The first-order valence-electron chi connectivity index (χ1n) is 11.5. The number of nitrogens with one attached hydrogen (secondary N) is 4. The van der Waals surface area contributed by atoms with Gasteiger partial charge in [0.2, 0.25) is 17.7 Å². The molecular formula is C23H32N4O9. The number of carbonyl (C=O) groups excluding carboxylic acids is 3. The third-order valence-electron chi connectivity index (χ3n) is 5.71. The number of aromatic hydroxyl groups is 1. The maximum absolute atomic E-state index is 13.1. The molecule has 1 aromatic carbocycles. The average molecular weight is 509 g/mol. The number of aliphatic carboxylic acids is 2. The fraction of sp³-hybridized carbons (Fsp3) is 0.522. The Labute approximate surface area is 207 Å². The molecule has 1 aliphatic heterocycles. The standard InChI is InChI=1S/C23H32N4O9/c1-12(28)19(22(34)25-16(23(35)36)8-9-18(30)31)27-21(33)17(11-13-4-6-14(29)7-5-13)26-20(32)15-3-2-10-24-15/h4-7,12,15-17,19,24,28-29H,2-3,8-11H2,1H3,(H,25,34)(H,26,32)(H,27,33)(H,30,31)(H,35,36). The summed E-state index contributed by atoms with van der Waals surface area (Å²) >= 11 is 0. The lowest BCUT2D eigenvalue weighted by Crippen LogP contribution is -2.60. The largest absolute Gasteiger partial charge is 0.508 e. The molecule has 1 aromatic rings. The van der Waals surface area contributed by atoms with Crippen molar-refractivity contribution in [3.8, 4) is 5.75 Å². The molecule has 1 aliphatic rings. The van der Waals surface area contributed by atoms with Gasteiger partial charge in [-0.3, -0.25) is 19.2 Å². The van der Waals surface area contributed by atoms with Crippen molar-refractivity contribution >= 4 is 29.7 Å². The zero-order valence-corrected chi connectivity index (χ0v) is 19.8. The number of aliphatic hydroxyl groups is 1. The van der Waals surface area contributed by atoms with Crippen molar-refractivity contribution < 1.29 is 44.4 Å². The van der Waals surface area contributed by atoms with Crippen LogP contribution in [0.2, 0.25) is 0 Å². The fourth-order valence-corrected chi connectivity index (χ4v) is 3.70. The highest BCUT2D eigenvalue weighted by atomic mass is 16.4. The van der Waals surface area contributed by atoms with Gasteiger partial charge in [-0.05, 0) is 50.4 Å². The number of hydrogen-bond donors (Lipinski definition) is 8. The van der Waals surface area contributed by atoms with Crippen LogP contribution in [0.15, 0.2) is 24.3 Å². The van der Waals surface area contributed by atoms with Gasteiger partial charge in [0, 0.05) is 12.8 Å². The van der Waals surface area contributed by atoms with Crippen LogP contribution in [0, 0.1) is 0 Å². The predicted molar refractivity (Wildman–Crippen MR) is 125 cm³/mol. The minimum absolute atomic E-state index is 0.00901. The summed E-state index contributed by atoms with van der Waals surface area (Å²) in [5.74, 6) is -4.94. The number of hydrogen-bond acceptors (Lipinski definition) is 8. The molecule has 1 saturated heterocycles. The lowest BCUT2D eigenvalue weighted by molar-refractivity contribution is -0.144. The summed E-state index contributed by atoms with van der Waals surface area (Å²) in [6.07, 6.45) is -0.961. The fourth-order valence-electron chi connectivity index (χ4n) is 3.70. The van der Waals surface area contributed by atoms with Gasteiger partial charge in [-0.2, -0.15) is 0 Å². The molecule has 8 N–H and O–H groups in total. The first-order chi connectivity index (χ1) is 17.0. The number of rotatable bonds is 13. The van der Waals surface area contributed by atoms with E-state index in [1.165, 1.54) is 19.1 Å². The van der Waals surface area contributed by atoms with Crippen LogP contribution in [-0.4, -0.2) is 86.9 Å². The Kier molecular flexibility index (Phi) is 10.6. The summed E-state index contributed by atoms with van der Waals surface area (Å²) in [6, 6.07) is 1.20. The van der Waals surface area contributed by atoms with Crippen molar-refractivity contribution in [2.45, 2.75) is 69.3 Å². The Morgan fingerprint density at radius 3 is 2.19 bits per heavy atom. The molecule has 0 saturated carbocycles. The normalized spacial score (nSPS) is 18.3. The monoisotopic (exact) mass is 508 g/mol. The van der Waals surface area contributed by atoms with E-state index >= 15 is 0 Å². The van der Waals surface area contributed by atoms with Crippen LogP contribution in [0.3, 0.4) is 0 Å². The van der Waals surface area contributed by atoms with E-state index in [1.807, 2.05) is 0 Å². The van der Waals surface area contributed by atoms with Crippen molar-refractivity contribution in [3.63, 3.8) is 0 Å². The van der Waals surface area contributed by atoms with Crippen LogP contribution < -0.4 is 21.3 Å². The van der Waals surface area contributed by atoms with Crippen LogP contribution in [-0.2, 0) is 30.4 Å². The van der Waals surface area contributed by atoms with E-state index in [2.05, 4.69) is 21.3 Å². The van der Waals surface area contributed by atoms with Gasteiger partial charge in [-0.25, -0.2) is 4.79 Å². The highest BCUT2D eigenvalue weighted by Crippen LogP contribution is 2.13. The van der Waals surface area contributed by atoms with Crippen molar-refractivity contribution in [2.24, 2.45) is 0 Å². The second-order valence-corrected chi connectivity index (χ2v) is 8.64. The van der Waals surface area contributed by atoms with Crippen LogP contribution in [0.5, 0.6) is 5.75 Å². The van der Waals surface area contributed by atoms with E-state index in [-0.39, 0.29) is 12.2 Å². The average Bonchev–Trinajstić information content (AvgIpc) is 3.35. The van der Waals surface area contributed by atoms with Gasteiger partial charge >= 0.3 is 11.9 Å². The van der Waals surface area contributed by atoms with Gasteiger partial charge in [0.15, 0.2) is 0 Å². The number of carboxylic acids is 2. The van der Waals surface area contributed by atoms with E-state index in [1.54, 1.807) is 12.1 Å². The van der Waals surface area contributed by atoms with Crippen LogP contribution in [0.25, 0.3) is 0 Å². The molecule has 198 valence electrons. The molecule has 2 rings (SSSR count). The Hall–Kier alpha value is -3.71. The minimum Gasteiger partial charge on any atom is -0.508 e. The van der Waals surface area contributed by atoms with Gasteiger partial charge in [0.25, 0.3) is 0 Å². The molecule has 5 atom stereocenters. The summed E-state index contributed by atoms with van der Waals surface area (Å²) < 4.78 is 0. The third-order valence-corrected chi connectivity index (χ3v) is 5.71. The molecule has 0 aromatic heterocycles. The highest BCUT2D eigenvalue weighted by Gasteiger charge is 2.33. The zero-order valence-electron chi connectivity index (χ0n) is 19.8. The topological polar surface area (TPSA) is 214 Å². The Bertz CT molecular complexity index is 945. The molecule has 0 radical (unpaired) electrons. The molecule has 0 bridgehead atoms. The maximum Gasteiger partial charge on any atom is 0.326 e. The van der Waals surface area contributed by atoms with Crippen molar-refractivity contribution in [1.29, 1.82) is 0 Å². The molecule has 1 heterocycles. The van der Waals surface area contributed by atoms with Gasteiger partial charge < -0.3 is 41.7 Å². The second-order valence-electron chi connectivity index (χ2n) is 8.64. The Morgan fingerprint density at radius 1 is 1.00 bits per heavy atom. The van der Waals surface area contributed by atoms with Crippen molar-refractivity contribution in [2.75, 3.05) is 6.54 Å². The third kappa shape index (κ3) is 8.82. The van der Waals surface area contributed by atoms with Crippen LogP contribution >= 0.6 is 0 Å². The molecule has 0 spiro atoms. The van der Waals surface area contributed by atoms with E-state index in [4.69, 9.17) is 5.11 Å². The number of aliphatic hydroxyl groups excluding tert-OH is 1. The highest BCUT2D eigenvalue weighted by molar-refractivity contribution is 5.94. The number of benzene rings is 1. The first kappa shape index (κ1) is 28.5. The lowest BCUT2D eigenvalue weighted by atomic mass is 10.0. The first-order valence-corrected chi connectivity index (χ1v) is 11.5. The molecule has 13 nitrogen and oxygen atoms in total. The van der Waals surface area contributed by atoms with Crippen molar-refractivity contribution in [1.82, 2.24) is 21.3 Å². The summed E-state index contributed by atoms with van der Waals surface area (Å²) in [5, 5.41) is 47.9. The number of phenolic OH excluding ortho intramolecular Hbond substituents is 1. The van der Waals surface area contributed by atoms with E-state index in [0.29, 0.717) is 18.5 Å². The van der Waals surface area contributed by atoms with Crippen LogP contribution in [0.1, 0.15) is 38.2 Å². The molecule has 5 unspecified atom stereocenters. The molecule has 36 heavy (non-hydrogen) atoms. The summed E-state index contributed by atoms with van der Waals surface area (Å²) in [7, 11) is 0. The minimum atomic E-state index is -1.58. The summed E-state index contributed by atoms with van der Waals surface area (Å²) in [4.78, 5) is 60.7. The van der Waals surface area contributed by atoms with E-state index in [0.717, 1.165) is 6.42 Å². The smallest absolute Gasteiger partial charge is 0.326 e. The Balaban J connectivity index is 2.16. The van der Waals surface area contributed by atoms with Crippen molar-refractivity contribution in [3.05, 3.63) is 29.8 Å².